The number of furan rings is 1. The van der Waals surface area contributed by atoms with E-state index in [1.807, 2.05) is 54.9 Å². The van der Waals surface area contributed by atoms with Crippen molar-refractivity contribution in [2.24, 2.45) is 7.05 Å². The molecule has 30 heavy (non-hydrogen) atoms. The Morgan fingerprint density at radius 1 is 1.10 bits per heavy atom. The molecule has 2 aromatic carbocycles. The van der Waals surface area contributed by atoms with Crippen LogP contribution in [0.15, 0.2) is 76.5 Å². The third-order valence-corrected chi connectivity index (χ3v) is 5.90. The Labute approximate surface area is 177 Å². The number of anilines is 1. The van der Waals surface area contributed by atoms with E-state index in [1.165, 1.54) is 36.0 Å². The van der Waals surface area contributed by atoms with Gasteiger partial charge in [0.1, 0.15) is 16.8 Å². The van der Waals surface area contributed by atoms with Crippen LogP contribution in [0.5, 0.6) is 0 Å². The lowest BCUT2D eigenvalue weighted by atomic mass is 10.1. The number of benzene rings is 2. The number of carbonyl (C=O) groups excluding carboxylic acids is 1. The van der Waals surface area contributed by atoms with Gasteiger partial charge >= 0.3 is 0 Å². The second kappa shape index (κ2) is 8.54. The number of nitrogens with one attached hydrogen (secondary N) is 1. The number of nitrogens with zero attached hydrogens (tertiary/aromatic N) is 3. The van der Waals surface area contributed by atoms with E-state index in [0.29, 0.717) is 16.7 Å². The normalized spacial score (nSPS) is 12.0. The monoisotopic (exact) mass is 422 g/mol. The first-order valence-corrected chi connectivity index (χ1v) is 10.1. The third kappa shape index (κ3) is 4.13. The number of aryl methyl sites for hydroxylation is 1. The fourth-order valence-corrected chi connectivity index (χ4v) is 4.02. The van der Waals surface area contributed by atoms with Gasteiger partial charge in [-0.25, -0.2) is 4.39 Å². The van der Waals surface area contributed by atoms with Crippen LogP contribution in [0.2, 0.25) is 0 Å². The molecular formula is C22H19FN4O2S. The highest BCUT2D eigenvalue weighted by Gasteiger charge is 2.26. The molecule has 0 aliphatic heterocycles. The molecule has 0 unspecified atom stereocenters. The third-order valence-electron chi connectivity index (χ3n) is 4.61. The molecular weight excluding hydrogens is 403 g/mol. The van der Waals surface area contributed by atoms with Crippen molar-refractivity contribution in [1.29, 1.82) is 0 Å². The standard InChI is InChI=1S/C22H19FN4O2S/c1-14-18(12-13-29-14)20-25-26-22(27(20)2)30-19(15-6-4-3-5-7-15)21(28)24-17-10-8-16(23)9-11-17/h3-13,19H,1-2H3,(H,24,28)/t19-/m1/s1. The average Bonchev–Trinajstić information content (AvgIpc) is 3.33. The number of thioether (sulfide) groups is 1. The molecule has 1 atom stereocenters. The fourth-order valence-electron chi connectivity index (χ4n) is 3.02. The molecule has 0 aliphatic rings. The summed E-state index contributed by atoms with van der Waals surface area (Å²) in [5.74, 6) is 0.815. The molecule has 1 amide bonds. The van der Waals surface area contributed by atoms with Crippen molar-refractivity contribution >= 4 is 23.4 Å². The number of aromatic nitrogens is 3. The van der Waals surface area contributed by atoms with Crippen molar-refractivity contribution in [2.45, 2.75) is 17.3 Å². The molecule has 1 N–H and O–H groups in total. The summed E-state index contributed by atoms with van der Waals surface area (Å²) in [4.78, 5) is 13.1. The lowest BCUT2D eigenvalue weighted by Crippen LogP contribution is -2.19. The van der Waals surface area contributed by atoms with Crippen LogP contribution in [0.25, 0.3) is 11.4 Å². The van der Waals surface area contributed by atoms with Gasteiger partial charge in [0.15, 0.2) is 11.0 Å². The van der Waals surface area contributed by atoms with Crippen LogP contribution in [-0.4, -0.2) is 20.7 Å². The molecule has 2 heterocycles. The molecule has 4 aromatic rings. The summed E-state index contributed by atoms with van der Waals surface area (Å²) in [7, 11) is 1.85. The maximum absolute atomic E-state index is 13.2. The Balaban J connectivity index is 1.63. The van der Waals surface area contributed by atoms with E-state index in [2.05, 4.69) is 15.5 Å². The molecule has 0 fully saturated rings. The van der Waals surface area contributed by atoms with Crippen LogP contribution in [0.4, 0.5) is 10.1 Å². The van der Waals surface area contributed by atoms with Crippen molar-refractivity contribution in [3.63, 3.8) is 0 Å². The van der Waals surface area contributed by atoms with E-state index < -0.39 is 5.25 Å². The van der Waals surface area contributed by atoms with E-state index in [-0.39, 0.29) is 11.7 Å². The molecule has 0 saturated heterocycles. The smallest absolute Gasteiger partial charge is 0.242 e. The summed E-state index contributed by atoms with van der Waals surface area (Å²) in [5.41, 5.74) is 2.20. The first-order valence-electron chi connectivity index (χ1n) is 9.25. The van der Waals surface area contributed by atoms with Gasteiger partial charge in [-0.2, -0.15) is 0 Å². The predicted molar refractivity (Wildman–Crippen MR) is 114 cm³/mol. The van der Waals surface area contributed by atoms with Crippen LogP contribution < -0.4 is 5.32 Å². The zero-order valence-electron chi connectivity index (χ0n) is 16.4. The van der Waals surface area contributed by atoms with Crippen molar-refractivity contribution < 1.29 is 13.6 Å². The number of rotatable bonds is 6. The topological polar surface area (TPSA) is 72.9 Å². The SMILES string of the molecule is Cc1occc1-c1nnc(S[C@@H](C(=O)Nc2ccc(F)cc2)c2ccccc2)n1C. The van der Waals surface area contributed by atoms with Crippen LogP contribution in [0.3, 0.4) is 0 Å². The molecule has 0 saturated carbocycles. The fraction of sp³-hybridized carbons (Fsp3) is 0.136. The molecule has 0 bridgehead atoms. The van der Waals surface area contributed by atoms with Gasteiger partial charge in [-0.1, -0.05) is 42.1 Å². The summed E-state index contributed by atoms with van der Waals surface area (Å²) >= 11 is 1.30. The van der Waals surface area contributed by atoms with E-state index in [1.54, 1.807) is 6.26 Å². The average molecular weight is 422 g/mol. The molecule has 152 valence electrons. The number of carbonyl (C=O) groups is 1. The Hall–Kier alpha value is -3.39. The summed E-state index contributed by atoms with van der Waals surface area (Å²) in [6, 6.07) is 16.9. The first kappa shape index (κ1) is 19.9. The highest BCUT2D eigenvalue weighted by Crippen LogP contribution is 2.36. The number of halogens is 1. The minimum Gasteiger partial charge on any atom is -0.469 e. The highest BCUT2D eigenvalue weighted by molar-refractivity contribution is 8.00. The summed E-state index contributed by atoms with van der Waals surface area (Å²) in [6.45, 7) is 1.86. The predicted octanol–water partition coefficient (Wildman–Crippen LogP) is 4.99. The number of amides is 1. The lowest BCUT2D eigenvalue weighted by Gasteiger charge is -2.16. The van der Waals surface area contributed by atoms with Crippen molar-refractivity contribution in [2.75, 3.05) is 5.32 Å². The first-order chi connectivity index (χ1) is 14.5. The minimum absolute atomic E-state index is 0.234. The Morgan fingerprint density at radius 3 is 2.50 bits per heavy atom. The molecule has 2 aromatic heterocycles. The minimum atomic E-state index is -0.572. The van der Waals surface area contributed by atoms with Crippen molar-refractivity contribution in [3.05, 3.63) is 84.1 Å². The van der Waals surface area contributed by atoms with Crippen LogP contribution >= 0.6 is 11.8 Å². The van der Waals surface area contributed by atoms with Crippen LogP contribution in [0, 0.1) is 12.7 Å². The van der Waals surface area contributed by atoms with Gasteiger partial charge in [-0.05, 0) is 42.8 Å². The Morgan fingerprint density at radius 2 is 1.83 bits per heavy atom. The van der Waals surface area contributed by atoms with Crippen LogP contribution in [-0.2, 0) is 11.8 Å². The lowest BCUT2D eigenvalue weighted by molar-refractivity contribution is -0.115. The van der Waals surface area contributed by atoms with Gasteiger partial charge in [0, 0.05) is 12.7 Å². The van der Waals surface area contributed by atoms with Gasteiger partial charge in [0.2, 0.25) is 5.91 Å². The van der Waals surface area contributed by atoms with E-state index in [0.717, 1.165) is 16.9 Å². The van der Waals surface area contributed by atoms with Gasteiger partial charge in [0.05, 0.1) is 11.8 Å². The van der Waals surface area contributed by atoms with Crippen molar-refractivity contribution in [3.8, 4) is 11.4 Å². The van der Waals surface area contributed by atoms with Gasteiger partial charge in [-0.15, -0.1) is 10.2 Å². The highest BCUT2D eigenvalue weighted by atomic mass is 32.2. The summed E-state index contributed by atoms with van der Waals surface area (Å²) in [6.07, 6.45) is 1.61. The van der Waals surface area contributed by atoms with E-state index >= 15 is 0 Å². The Bertz CT molecular complexity index is 1160. The maximum Gasteiger partial charge on any atom is 0.242 e. The Kier molecular flexibility index (Phi) is 5.67. The zero-order chi connectivity index (χ0) is 21.1. The quantitative estimate of drug-likeness (QED) is 0.443. The van der Waals surface area contributed by atoms with E-state index in [4.69, 9.17) is 4.42 Å². The summed E-state index contributed by atoms with van der Waals surface area (Å²) < 4.78 is 20.4. The molecule has 8 heteroatoms. The number of hydrogen-bond donors (Lipinski definition) is 1. The molecule has 0 aliphatic carbocycles. The zero-order valence-corrected chi connectivity index (χ0v) is 17.2. The maximum atomic E-state index is 13.2. The summed E-state index contributed by atoms with van der Waals surface area (Å²) in [5, 5.41) is 11.4. The largest absolute Gasteiger partial charge is 0.469 e. The molecule has 4 rings (SSSR count). The molecule has 0 spiro atoms. The second-order valence-corrected chi connectivity index (χ2v) is 7.73. The number of hydrogen-bond acceptors (Lipinski definition) is 5. The van der Waals surface area contributed by atoms with Crippen LogP contribution in [0.1, 0.15) is 16.6 Å². The van der Waals surface area contributed by atoms with Crippen molar-refractivity contribution in [1.82, 2.24) is 14.8 Å². The van der Waals surface area contributed by atoms with Gasteiger partial charge in [-0.3, -0.25) is 4.79 Å². The second-order valence-electron chi connectivity index (χ2n) is 6.66. The molecule has 0 radical (unpaired) electrons. The van der Waals surface area contributed by atoms with Gasteiger partial charge in [0.25, 0.3) is 0 Å². The van der Waals surface area contributed by atoms with E-state index in [9.17, 15) is 9.18 Å². The molecule has 6 nitrogen and oxygen atoms in total. The van der Waals surface area contributed by atoms with Gasteiger partial charge < -0.3 is 14.3 Å².